The van der Waals surface area contributed by atoms with Gasteiger partial charge in [-0.3, -0.25) is 0 Å². The van der Waals surface area contributed by atoms with Gasteiger partial charge >= 0.3 is 6.18 Å². The summed E-state index contributed by atoms with van der Waals surface area (Å²) >= 11 is 6.03. The summed E-state index contributed by atoms with van der Waals surface area (Å²) in [7, 11) is 1.85. The number of anilines is 1. The highest BCUT2D eigenvalue weighted by atomic mass is 35.5. The molecule has 28 heavy (non-hydrogen) atoms. The Kier molecular flexibility index (Phi) is 5.71. The number of alkyl halides is 3. The van der Waals surface area contributed by atoms with Crippen molar-refractivity contribution in [2.24, 2.45) is 13.0 Å². The summed E-state index contributed by atoms with van der Waals surface area (Å²) in [5.41, 5.74) is 1.15. The van der Waals surface area contributed by atoms with Crippen LogP contribution in [0, 0.1) is 17.2 Å². The van der Waals surface area contributed by atoms with E-state index in [0.717, 1.165) is 36.6 Å². The van der Waals surface area contributed by atoms with Crippen molar-refractivity contribution in [3.8, 4) is 6.07 Å². The van der Waals surface area contributed by atoms with Crippen molar-refractivity contribution in [3.63, 3.8) is 0 Å². The summed E-state index contributed by atoms with van der Waals surface area (Å²) in [6.45, 7) is 1.95. The molecule has 0 saturated carbocycles. The highest BCUT2D eigenvalue weighted by molar-refractivity contribution is 6.28. The van der Waals surface area contributed by atoms with Crippen molar-refractivity contribution in [2.75, 3.05) is 5.32 Å². The Morgan fingerprint density at radius 2 is 2.14 bits per heavy atom. The quantitative estimate of drug-likeness (QED) is 0.711. The van der Waals surface area contributed by atoms with E-state index in [-0.39, 0.29) is 17.5 Å². The summed E-state index contributed by atoms with van der Waals surface area (Å²) in [5, 5.41) is 12.5. The van der Waals surface area contributed by atoms with Crippen LogP contribution in [0.3, 0.4) is 0 Å². The van der Waals surface area contributed by atoms with Crippen LogP contribution < -0.4 is 5.32 Å². The molecule has 1 aliphatic rings. The van der Waals surface area contributed by atoms with Crippen molar-refractivity contribution in [2.45, 2.75) is 38.4 Å². The fourth-order valence-electron chi connectivity index (χ4n) is 3.58. The van der Waals surface area contributed by atoms with Gasteiger partial charge in [0.25, 0.3) is 0 Å². The van der Waals surface area contributed by atoms with Crippen LogP contribution in [-0.2, 0) is 13.2 Å². The number of nitrogens with zero attached hydrogens (tertiary/aromatic N) is 3. The van der Waals surface area contributed by atoms with Crippen LogP contribution in [0.4, 0.5) is 18.9 Å². The number of hydrogen-bond donors (Lipinski definition) is 1. The van der Waals surface area contributed by atoms with Crippen molar-refractivity contribution in [1.82, 2.24) is 9.55 Å². The van der Waals surface area contributed by atoms with Gasteiger partial charge in [-0.2, -0.15) is 18.4 Å². The molecule has 1 heterocycles. The lowest BCUT2D eigenvalue weighted by molar-refractivity contribution is -0.137. The SMILES string of the molecule is CC(Nc1ccc(C#N)c(C(F)(F)F)c1)C1C=C(c2cnc(Cl)n2C)CCC1. The van der Waals surface area contributed by atoms with E-state index in [1.165, 1.54) is 12.1 Å². The molecule has 1 aromatic carbocycles. The number of rotatable bonds is 4. The van der Waals surface area contributed by atoms with Crippen LogP contribution in [0.2, 0.25) is 5.28 Å². The van der Waals surface area contributed by atoms with Crippen molar-refractivity contribution < 1.29 is 13.2 Å². The molecule has 0 bridgehead atoms. The van der Waals surface area contributed by atoms with Gasteiger partial charge in [0.1, 0.15) is 0 Å². The van der Waals surface area contributed by atoms with Crippen molar-refractivity contribution in [1.29, 1.82) is 5.26 Å². The molecule has 8 heteroatoms. The number of nitriles is 1. The summed E-state index contributed by atoms with van der Waals surface area (Å²) in [6.07, 6.45) is 2.16. The standard InChI is InChI=1S/C20H20ClF3N4/c1-12(27-16-7-6-15(10-25)17(9-16)20(22,23)24)13-4-3-5-14(8-13)18-11-26-19(21)28(18)2/h6-9,11-13,27H,3-5H2,1-2H3. The number of aromatic nitrogens is 2. The van der Waals surface area contributed by atoms with E-state index < -0.39 is 11.7 Å². The monoisotopic (exact) mass is 408 g/mol. The van der Waals surface area contributed by atoms with Gasteiger partial charge in [-0.15, -0.1) is 0 Å². The van der Waals surface area contributed by atoms with Gasteiger partial charge < -0.3 is 9.88 Å². The maximum Gasteiger partial charge on any atom is 0.417 e. The van der Waals surface area contributed by atoms with E-state index >= 15 is 0 Å². The first kappa shape index (κ1) is 20.3. The summed E-state index contributed by atoms with van der Waals surface area (Å²) in [6, 6.07) is 5.25. The first-order valence-electron chi connectivity index (χ1n) is 8.97. The maximum atomic E-state index is 13.2. The van der Waals surface area contributed by atoms with Gasteiger partial charge in [-0.25, -0.2) is 4.98 Å². The van der Waals surface area contributed by atoms with E-state index in [0.29, 0.717) is 11.0 Å². The first-order valence-corrected chi connectivity index (χ1v) is 9.34. The minimum atomic E-state index is -4.57. The van der Waals surface area contributed by atoms with E-state index in [2.05, 4.69) is 16.4 Å². The minimum Gasteiger partial charge on any atom is -0.382 e. The third-order valence-electron chi connectivity index (χ3n) is 5.14. The zero-order chi connectivity index (χ0) is 20.5. The lowest BCUT2D eigenvalue weighted by Gasteiger charge is -2.28. The Morgan fingerprint density at radius 3 is 2.75 bits per heavy atom. The van der Waals surface area contributed by atoms with Gasteiger partial charge in [0.2, 0.25) is 5.28 Å². The van der Waals surface area contributed by atoms with Gasteiger partial charge in [-0.05, 0) is 67.5 Å². The average Bonchev–Trinajstić information content (AvgIpc) is 3.00. The molecular formula is C20H20ClF3N4. The molecule has 2 atom stereocenters. The molecule has 2 aromatic rings. The second-order valence-electron chi connectivity index (χ2n) is 7.02. The van der Waals surface area contributed by atoms with Crippen LogP contribution in [-0.4, -0.2) is 15.6 Å². The average molecular weight is 409 g/mol. The molecule has 0 aliphatic heterocycles. The zero-order valence-corrected chi connectivity index (χ0v) is 16.3. The molecule has 1 N–H and O–H groups in total. The zero-order valence-electron chi connectivity index (χ0n) is 15.5. The molecule has 3 rings (SSSR count). The molecule has 0 saturated heterocycles. The first-order chi connectivity index (χ1) is 13.2. The van der Waals surface area contributed by atoms with Crippen LogP contribution >= 0.6 is 11.6 Å². The largest absolute Gasteiger partial charge is 0.417 e. The molecular weight excluding hydrogens is 389 g/mol. The lowest BCUT2D eigenvalue weighted by atomic mass is 9.85. The topological polar surface area (TPSA) is 53.6 Å². The maximum absolute atomic E-state index is 13.2. The fourth-order valence-corrected chi connectivity index (χ4v) is 3.72. The third kappa shape index (κ3) is 4.17. The second-order valence-corrected chi connectivity index (χ2v) is 7.36. The number of imidazole rings is 1. The molecule has 1 aliphatic carbocycles. The Labute approximate surface area is 166 Å². The lowest BCUT2D eigenvalue weighted by Crippen LogP contribution is -2.26. The normalized spacial score (nSPS) is 18.3. The predicted molar refractivity (Wildman–Crippen MR) is 103 cm³/mol. The number of nitrogens with one attached hydrogen (secondary N) is 1. The van der Waals surface area contributed by atoms with E-state index in [1.807, 2.05) is 18.5 Å². The second kappa shape index (κ2) is 7.88. The molecule has 0 fully saturated rings. The summed E-state index contributed by atoms with van der Waals surface area (Å²) in [5.74, 6) is 0.155. The van der Waals surface area contributed by atoms with Gasteiger partial charge in [0, 0.05) is 18.8 Å². The molecule has 0 radical (unpaired) electrons. The minimum absolute atomic E-state index is 0.0759. The summed E-state index contributed by atoms with van der Waals surface area (Å²) < 4.78 is 41.4. The number of benzene rings is 1. The van der Waals surface area contributed by atoms with Crippen LogP contribution in [0.25, 0.3) is 5.57 Å². The Bertz CT molecular complexity index is 940. The van der Waals surface area contributed by atoms with Crippen LogP contribution in [0.1, 0.15) is 43.0 Å². The van der Waals surface area contributed by atoms with E-state index in [9.17, 15) is 13.2 Å². The highest BCUT2D eigenvalue weighted by Crippen LogP contribution is 2.35. The Hall–Kier alpha value is -2.46. The van der Waals surface area contributed by atoms with Gasteiger partial charge in [-0.1, -0.05) is 6.08 Å². The van der Waals surface area contributed by atoms with Crippen LogP contribution in [0.5, 0.6) is 0 Å². The molecule has 0 spiro atoms. The Morgan fingerprint density at radius 1 is 1.39 bits per heavy atom. The highest BCUT2D eigenvalue weighted by Gasteiger charge is 2.34. The van der Waals surface area contributed by atoms with Crippen molar-refractivity contribution in [3.05, 3.63) is 52.6 Å². The fraction of sp³-hybridized carbons (Fsp3) is 0.400. The molecule has 148 valence electrons. The van der Waals surface area contributed by atoms with E-state index in [1.54, 1.807) is 12.3 Å². The van der Waals surface area contributed by atoms with Crippen molar-refractivity contribution >= 4 is 22.9 Å². The summed E-state index contributed by atoms with van der Waals surface area (Å²) in [4.78, 5) is 4.12. The smallest absolute Gasteiger partial charge is 0.382 e. The molecule has 2 unspecified atom stereocenters. The third-order valence-corrected chi connectivity index (χ3v) is 5.49. The predicted octanol–water partition coefficient (Wildman–Crippen LogP) is 5.65. The molecule has 0 amide bonds. The number of allylic oxidation sites excluding steroid dienone is 1. The van der Waals surface area contributed by atoms with E-state index in [4.69, 9.17) is 16.9 Å². The van der Waals surface area contributed by atoms with Gasteiger partial charge in [0.15, 0.2) is 0 Å². The molecule has 1 aromatic heterocycles. The van der Waals surface area contributed by atoms with Gasteiger partial charge in [0.05, 0.1) is 29.1 Å². The molecule has 4 nitrogen and oxygen atoms in total. The van der Waals surface area contributed by atoms with Crippen LogP contribution in [0.15, 0.2) is 30.5 Å². The number of halogens is 4. The Balaban J connectivity index is 1.81. The number of hydrogen-bond acceptors (Lipinski definition) is 3.